The highest BCUT2D eigenvalue weighted by atomic mass is 16.5. The van der Waals surface area contributed by atoms with Gasteiger partial charge in [0.1, 0.15) is 19.6 Å². The van der Waals surface area contributed by atoms with Crippen molar-refractivity contribution in [3.8, 4) is 0 Å². The summed E-state index contributed by atoms with van der Waals surface area (Å²) in [5, 5.41) is 0. The van der Waals surface area contributed by atoms with Gasteiger partial charge in [-0.1, -0.05) is 24.3 Å². The molecule has 81 valence electrons. The lowest BCUT2D eigenvalue weighted by Gasteiger charge is -2.37. The molecule has 1 aliphatic heterocycles. The predicted octanol–water partition coefficient (Wildman–Crippen LogP) is 1.85. The molecule has 0 bridgehead atoms. The van der Waals surface area contributed by atoms with Crippen LogP contribution in [-0.2, 0) is 11.3 Å². The van der Waals surface area contributed by atoms with E-state index in [1.54, 1.807) is 0 Å². The number of nitrogens with zero attached hydrogens (tertiary/aromatic N) is 1. The van der Waals surface area contributed by atoms with E-state index in [1.165, 1.54) is 5.56 Å². The van der Waals surface area contributed by atoms with E-state index in [1.807, 2.05) is 0 Å². The van der Waals surface area contributed by atoms with Crippen LogP contribution >= 0.6 is 0 Å². The Hall–Kier alpha value is -0.860. The first kappa shape index (κ1) is 10.7. The van der Waals surface area contributed by atoms with Gasteiger partial charge in [-0.15, -0.1) is 0 Å². The van der Waals surface area contributed by atoms with Gasteiger partial charge in [0.05, 0.1) is 20.3 Å². The van der Waals surface area contributed by atoms with Crippen LogP contribution in [0.25, 0.3) is 0 Å². The van der Waals surface area contributed by atoms with Crippen LogP contribution in [0.2, 0.25) is 0 Å². The molecule has 1 saturated heterocycles. The quantitative estimate of drug-likeness (QED) is 0.669. The summed E-state index contributed by atoms with van der Waals surface area (Å²) in [5.74, 6) is 0. The first-order valence-corrected chi connectivity index (χ1v) is 5.50. The van der Waals surface area contributed by atoms with Crippen molar-refractivity contribution in [1.29, 1.82) is 0 Å². The van der Waals surface area contributed by atoms with Crippen molar-refractivity contribution in [1.82, 2.24) is 0 Å². The van der Waals surface area contributed by atoms with Crippen LogP contribution in [0.4, 0.5) is 0 Å². The standard InChI is InChI=1S/C13H19NO/c1-12-3-5-13(6-4-12)11-14(2)7-9-15-10-8-14/h3-6H,1,7-11H2,2H3/q+1. The summed E-state index contributed by atoms with van der Waals surface area (Å²) in [4.78, 5) is 0. The van der Waals surface area contributed by atoms with E-state index in [9.17, 15) is 0 Å². The highest BCUT2D eigenvalue weighted by molar-refractivity contribution is 5.23. The Morgan fingerprint density at radius 1 is 1.20 bits per heavy atom. The monoisotopic (exact) mass is 205 g/mol. The predicted molar refractivity (Wildman–Crippen MR) is 61.3 cm³/mol. The summed E-state index contributed by atoms with van der Waals surface area (Å²) < 4.78 is 6.49. The first-order valence-electron chi connectivity index (χ1n) is 5.50. The highest BCUT2D eigenvalue weighted by Gasteiger charge is 2.25. The van der Waals surface area contributed by atoms with Gasteiger partial charge in [-0.2, -0.15) is 0 Å². The van der Waals surface area contributed by atoms with Crippen molar-refractivity contribution >= 4 is 0 Å². The molecule has 2 heteroatoms. The van der Waals surface area contributed by atoms with E-state index in [2.05, 4.69) is 38.2 Å². The van der Waals surface area contributed by atoms with Gasteiger partial charge in [0, 0.05) is 5.56 Å². The van der Waals surface area contributed by atoms with Gasteiger partial charge in [-0.25, -0.2) is 0 Å². The number of morpholine rings is 1. The van der Waals surface area contributed by atoms with Crippen molar-refractivity contribution < 1.29 is 9.22 Å². The normalized spacial score (nSPS) is 20.1. The summed E-state index contributed by atoms with van der Waals surface area (Å²) in [6, 6.07) is 8.53. The Labute approximate surface area is 92.1 Å². The molecular weight excluding hydrogens is 186 g/mol. The van der Waals surface area contributed by atoms with E-state index in [-0.39, 0.29) is 0 Å². The maximum atomic E-state index is 5.40. The number of likely N-dealkylation sites (N-methyl/N-ethyl adjacent to an activating group) is 1. The van der Waals surface area contributed by atoms with E-state index in [4.69, 9.17) is 4.74 Å². The molecule has 1 aromatic rings. The molecule has 0 N–H and O–H groups in total. The van der Waals surface area contributed by atoms with Gasteiger partial charge in [0.25, 0.3) is 0 Å². The van der Waals surface area contributed by atoms with Crippen LogP contribution < -0.4 is 0 Å². The first-order chi connectivity index (χ1) is 7.18. The van der Waals surface area contributed by atoms with E-state index in [0.717, 1.165) is 42.9 Å². The lowest BCUT2D eigenvalue weighted by atomic mass is 10.1. The maximum absolute atomic E-state index is 5.40. The van der Waals surface area contributed by atoms with Gasteiger partial charge in [-0.05, 0) is 12.5 Å². The number of quaternary nitrogens is 1. The molecule has 1 radical (unpaired) electrons. The van der Waals surface area contributed by atoms with Gasteiger partial charge < -0.3 is 9.22 Å². The molecule has 1 fully saturated rings. The second-order valence-corrected chi connectivity index (χ2v) is 4.65. The largest absolute Gasteiger partial charge is 0.370 e. The average Bonchev–Trinajstić information content (AvgIpc) is 2.22. The van der Waals surface area contributed by atoms with Crippen LogP contribution in [0.1, 0.15) is 11.1 Å². The molecule has 0 aromatic heterocycles. The molecule has 2 rings (SSSR count). The summed E-state index contributed by atoms with van der Waals surface area (Å²) in [5.41, 5.74) is 2.48. The molecule has 0 unspecified atom stereocenters. The topological polar surface area (TPSA) is 9.23 Å². The fourth-order valence-corrected chi connectivity index (χ4v) is 2.03. The van der Waals surface area contributed by atoms with Crippen LogP contribution in [-0.4, -0.2) is 37.8 Å². The fourth-order valence-electron chi connectivity index (χ4n) is 2.03. The Bertz CT molecular complexity index is 312. The minimum atomic E-state index is 0.893. The van der Waals surface area contributed by atoms with Crippen LogP contribution in [0.3, 0.4) is 0 Å². The van der Waals surface area contributed by atoms with Crippen LogP contribution in [0.15, 0.2) is 24.3 Å². The van der Waals surface area contributed by atoms with Gasteiger partial charge in [0.2, 0.25) is 0 Å². The maximum Gasteiger partial charge on any atom is 0.104 e. The molecule has 2 nitrogen and oxygen atoms in total. The molecule has 1 aromatic carbocycles. The van der Waals surface area contributed by atoms with Crippen molar-refractivity contribution in [2.24, 2.45) is 0 Å². The second-order valence-electron chi connectivity index (χ2n) is 4.65. The molecular formula is C13H19NO+. The number of benzene rings is 1. The molecule has 0 spiro atoms. The zero-order chi connectivity index (χ0) is 10.7. The van der Waals surface area contributed by atoms with Gasteiger partial charge in [-0.3, -0.25) is 0 Å². The summed E-state index contributed by atoms with van der Waals surface area (Å²) in [6.45, 7) is 9.02. The lowest BCUT2D eigenvalue weighted by molar-refractivity contribution is -0.929. The molecule has 0 aliphatic carbocycles. The lowest BCUT2D eigenvalue weighted by Crippen LogP contribution is -2.51. The Morgan fingerprint density at radius 2 is 1.80 bits per heavy atom. The number of hydrogen-bond acceptors (Lipinski definition) is 1. The molecule has 15 heavy (non-hydrogen) atoms. The molecule has 0 atom stereocenters. The average molecular weight is 205 g/mol. The molecule has 1 heterocycles. The van der Waals surface area contributed by atoms with Gasteiger partial charge >= 0.3 is 0 Å². The smallest absolute Gasteiger partial charge is 0.104 e. The van der Waals surface area contributed by atoms with E-state index >= 15 is 0 Å². The Kier molecular flexibility index (Phi) is 3.08. The van der Waals surface area contributed by atoms with Crippen molar-refractivity contribution in [3.63, 3.8) is 0 Å². The fraction of sp³-hybridized carbons (Fsp3) is 0.462. The number of hydrogen-bond donors (Lipinski definition) is 0. The SMILES string of the molecule is [CH2]c1ccc(C[N+]2(C)CCOCC2)cc1. The highest BCUT2D eigenvalue weighted by Crippen LogP contribution is 2.14. The van der Waals surface area contributed by atoms with Crippen molar-refractivity contribution in [3.05, 3.63) is 42.3 Å². The third-order valence-corrected chi connectivity index (χ3v) is 3.14. The third kappa shape index (κ3) is 2.80. The van der Waals surface area contributed by atoms with E-state index < -0.39 is 0 Å². The molecule has 0 saturated carbocycles. The van der Waals surface area contributed by atoms with E-state index in [0.29, 0.717) is 0 Å². The second kappa shape index (κ2) is 4.33. The minimum absolute atomic E-state index is 0.893. The molecule has 1 aliphatic rings. The van der Waals surface area contributed by atoms with Crippen LogP contribution in [0, 0.1) is 6.92 Å². The Morgan fingerprint density at radius 3 is 2.40 bits per heavy atom. The van der Waals surface area contributed by atoms with Crippen LogP contribution in [0.5, 0.6) is 0 Å². The molecule has 0 amide bonds. The minimum Gasteiger partial charge on any atom is -0.370 e. The van der Waals surface area contributed by atoms with Gasteiger partial charge in [0.15, 0.2) is 0 Å². The van der Waals surface area contributed by atoms with Crippen molar-refractivity contribution in [2.75, 3.05) is 33.4 Å². The van der Waals surface area contributed by atoms with Crippen molar-refractivity contribution in [2.45, 2.75) is 6.54 Å². The Balaban J connectivity index is 2.03. The third-order valence-electron chi connectivity index (χ3n) is 3.14. The number of rotatable bonds is 2. The summed E-state index contributed by atoms with van der Waals surface area (Å²) in [7, 11) is 2.31. The number of ether oxygens (including phenoxy) is 1. The zero-order valence-electron chi connectivity index (χ0n) is 9.41. The summed E-state index contributed by atoms with van der Waals surface area (Å²) in [6.07, 6.45) is 0. The summed E-state index contributed by atoms with van der Waals surface area (Å²) >= 11 is 0. The zero-order valence-corrected chi connectivity index (χ0v) is 9.41.